The third-order valence-corrected chi connectivity index (χ3v) is 8.41. The topological polar surface area (TPSA) is 12.0 Å². The van der Waals surface area contributed by atoms with Crippen LogP contribution in [-0.2, 0) is 5.41 Å². The Morgan fingerprint density at radius 3 is 2.38 bits per heavy atom. The van der Waals surface area contributed by atoms with Gasteiger partial charge in [0.05, 0.1) is 0 Å². The summed E-state index contributed by atoms with van der Waals surface area (Å²) in [6.07, 6.45) is 12.5. The van der Waals surface area contributed by atoms with Crippen LogP contribution < -0.4 is 5.32 Å². The van der Waals surface area contributed by atoms with Gasteiger partial charge >= 0.3 is 0 Å². The maximum Gasteiger partial charge on any atom is 0.0387 e. The molecule has 0 aliphatic heterocycles. The molecule has 4 bridgehead atoms. The lowest BCUT2D eigenvalue weighted by Gasteiger charge is -2.61. The van der Waals surface area contributed by atoms with E-state index < -0.39 is 0 Å². The molecule has 0 aromatic heterocycles. The molecule has 1 N–H and O–H groups in total. The van der Waals surface area contributed by atoms with Gasteiger partial charge in [-0.1, -0.05) is 49.9 Å². The maximum absolute atomic E-state index is 4.20. The first-order valence-corrected chi connectivity index (χ1v) is 11.6. The van der Waals surface area contributed by atoms with E-state index in [4.69, 9.17) is 0 Å². The van der Waals surface area contributed by atoms with Crippen molar-refractivity contribution in [2.24, 2.45) is 23.7 Å². The Morgan fingerprint density at radius 2 is 1.66 bits per heavy atom. The standard InChI is InChI=1S/C28H31N/c1-3-4-7-18(2)29-23-10-11-25-24-8-5-6-9-26(24)28(27(25)17-23)21-13-19-12-20(15-21)16-22(28)14-19/h4-11,17,19-22,29H,2-3,12-16H2,1H3/b7-4-. The Hall–Kier alpha value is -2.28. The number of fused-ring (bicyclic) bond motifs is 3. The zero-order chi connectivity index (χ0) is 19.6. The molecule has 5 aliphatic carbocycles. The van der Waals surface area contributed by atoms with Gasteiger partial charge in [-0.25, -0.2) is 0 Å². The summed E-state index contributed by atoms with van der Waals surface area (Å²) < 4.78 is 0. The second kappa shape index (κ2) is 6.36. The van der Waals surface area contributed by atoms with Crippen LogP contribution in [0.2, 0.25) is 0 Å². The normalized spacial score (nSPS) is 33.3. The second-order valence-corrected chi connectivity index (χ2v) is 9.94. The molecule has 4 fully saturated rings. The van der Waals surface area contributed by atoms with Crippen LogP contribution in [0.4, 0.5) is 5.69 Å². The zero-order valence-corrected chi connectivity index (χ0v) is 17.5. The Morgan fingerprint density at radius 1 is 0.966 bits per heavy atom. The van der Waals surface area contributed by atoms with Gasteiger partial charge in [-0.3, -0.25) is 0 Å². The summed E-state index contributed by atoms with van der Waals surface area (Å²) in [5, 5.41) is 3.56. The van der Waals surface area contributed by atoms with Crippen molar-refractivity contribution in [3.8, 4) is 11.1 Å². The lowest BCUT2D eigenvalue weighted by atomic mass is 9.43. The van der Waals surface area contributed by atoms with E-state index in [1.165, 1.54) is 48.9 Å². The summed E-state index contributed by atoms with van der Waals surface area (Å²) in [6, 6.07) is 16.4. The lowest BCUT2D eigenvalue weighted by molar-refractivity contribution is -0.0399. The molecule has 0 atom stereocenters. The van der Waals surface area contributed by atoms with Crippen LogP contribution in [-0.4, -0.2) is 0 Å². The van der Waals surface area contributed by atoms with Crippen molar-refractivity contribution in [2.45, 2.75) is 50.9 Å². The van der Waals surface area contributed by atoms with E-state index in [0.717, 1.165) is 35.8 Å². The van der Waals surface area contributed by atoms with Gasteiger partial charge in [0.15, 0.2) is 0 Å². The molecule has 1 spiro atoms. The molecule has 5 aliphatic rings. The Kier molecular flexibility index (Phi) is 3.85. The van der Waals surface area contributed by atoms with Crippen LogP contribution in [0.3, 0.4) is 0 Å². The number of rotatable bonds is 4. The summed E-state index contributed by atoms with van der Waals surface area (Å²) >= 11 is 0. The molecule has 4 saturated carbocycles. The SMILES string of the molecule is C=C(/C=C\CC)Nc1ccc2c(c1)C1(c3ccccc3-2)C2CC3CC(C2)CC1C3. The highest BCUT2D eigenvalue weighted by molar-refractivity contribution is 5.83. The average molecular weight is 382 g/mol. The average Bonchev–Trinajstić information content (AvgIpc) is 3.00. The highest BCUT2D eigenvalue weighted by Crippen LogP contribution is 2.69. The van der Waals surface area contributed by atoms with Crippen LogP contribution in [0, 0.1) is 23.7 Å². The molecule has 2 aromatic carbocycles. The van der Waals surface area contributed by atoms with Gasteiger partial charge in [0.1, 0.15) is 0 Å². The second-order valence-electron chi connectivity index (χ2n) is 9.94. The predicted molar refractivity (Wildman–Crippen MR) is 122 cm³/mol. The van der Waals surface area contributed by atoms with Crippen molar-refractivity contribution in [1.82, 2.24) is 0 Å². The first-order valence-electron chi connectivity index (χ1n) is 11.6. The number of anilines is 1. The summed E-state index contributed by atoms with van der Waals surface area (Å²) in [5.74, 6) is 3.61. The fourth-order valence-electron chi connectivity index (χ4n) is 7.72. The van der Waals surface area contributed by atoms with Gasteiger partial charge in [0.25, 0.3) is 0 Å². The van der Waals surface area contributed by atoms with Crippen LogP contribution in [0.15, 0.2) is 66.9 Å². The van der Waals surface area contributed by atoms with E-state index in [9.17, 15) is 0 Å². The molecule has 2 aromatic rings. The van der Waals surface area contributed by atoms with Gasteiger partial charge in [0.2, 0.25) is 0 Å². The van der Waals surface area contributed by atoms with Crippen molar-refractivity contribution in [1.29, 1.82) is 0 Å². The molecular formula is C28H31N. The summed E-state index contributed by atoms with van der Waals surface area (Å²) in [6.45, 7) is 6.36. The first-order chi connectivity index (χ1) is 14.2. The van der Waals surface area contributed by atoms with Crippen LogP contribution >= 0.6 is 0 Å². The third kappa shape index (κ3) is 2.40. The fourth-order valence-corrected chi connectivity index (χ4v) is 7.72. The van der Waals surface area contributed by atoms with Gasteiger partial charge in [0, 0.05) is 16.8 Å². The molecule has 0 saturated heterocycles. The maximum atomic E-state index is 4.20. The number of hydrogen-bond donors (Lipinski definition) is 1. The number of nitrogens with one attached hydrogen (secondary N) is 1. The minimum Gasteiger partial charge on any atom is -0.356 e. The van der Waals surface area contributed by atoms with Gasteiger partial charge < -0.3 is 5.32 Å². The molecule has 1 heteroatoms. The molecule has 0 unspecified atom stereocenters. The van der Waals surface area contributed by atoms with Crippen LogP contribution in [0.5, 0.6) is 0 Å². The Bertz CT molecular complexity index is 983. The molecule has 0 heterocycles. The first kappa shape index (κ1) is 17.6. The summed E-state index contributed by atoms with van der Waals surface area (Å²) in [4.78, 5) is 0. The van der Waals surface area contributed by atoms with Crippen LogP contribution in [0.25, 0.3) is 11.1 Å². The molecule has 0 amide bonds. The van der Waals surface area contributed by atoms with Crippen molar-refractivity contribution < 1.29 is 0 Å². The van der Waals surface area contributed by atoms with Gasteiger partial charge in [-0.05, 0) is 103 Å². The molecule has 29 heavy (non-hydrogen) atoms. The molecule has 0 radical (unpaired) electrons. The minimum atomic E-state index is 0.248. The Balaban J connectivity index is 1.49. The number of allylic oxidation sites excluding steroid dienone is 2. The molecular weight excluding hydrogens is 350 g/mol. The van der Waals surface area contributed by atoms with E-state index in [2.05, 4.69) is 73.4 Å². The number of hydrogen-bond acceptors (Lipinski definition) is 1. The summed E-state index contributed by atoms with van der Waals surface area (Å²) in [7, 11) is 0. The van der Waals surface area contributed by atoms with E-state index >= 15 is 0 Å². The van der Waals surface area contributed by atoms with Crippen molar-refractivity contribution in [3.63, 3.8) is 0 Å². The van der Waals surface area contributed by atoms with E-state index in [-0.39, 0.29) is 5.41 Å². The van der Waals surface area contributed by atoms with Gasteiger partial charge in [-0.15, -0.1) is 0 Å². The number of benzene rings is 2. The van der Waals surface area contributed by atoms with Crippen LogP contribution in [0.1, 0.15) is 56.6 Å². The van der Waals surface area contributed by atoms with E-state index in [0.29, 0.717) is 0 Å². The lowest BCUT2D eigenvalue weighted by Crippen LogP contribution is -2.55. The predicted octanol–water partition coefficient (Wildman–Crippen LogP) is 7.30. The smallest absolute Gasteiger partial charge is 0.0387 e. The van der Waals surface area contributed by atoms with E-state index in [1.807, 2.05) is 0 Å². The summed E-state index contributed by atoms with van der Waals surface area (Å²) in [5.41, 5.74) is 8.62. The Labute approximate surface area is 174 Å². The third-order valence-electron chi connectivity index (χ3n) is 8.41. The molecule has 7 rings (SSSR count). The van der Waals surface area contributed by atoms with Crippen molar-refractivity contribution in [2.75, 3.05) is 5.32 Å². The monoisotopic (exact) mass is 381 g/mol. The molecule has 1 nitrogen and oxygen atoms in total. The van der Waals surface area contributed by atoms with Crippen molar-refractivity contribution in [3.05, 3.63) is 78.0 Å². The van der Waals surface area contributed by atoms with Crippen molar-refractivity contribution >= 4 is 5.69 Å². The van der Waals surface area contributed by atoms with Gasteiger partial charge in [-0.2, -0.15) is 0 Å². The van der Waals surface area contributed by atoms with E-state index in [1.54, 1.807) is 11.1 Å². The molecule has 148 valence electrons. The largest absolute Gasteiger partial charge is 0.356 e. The highest BCUT2D eigenvalue weighted by Gasteiger charge is 2.61. The highest BCUT2D eigenvalue weighted by atomic mass is 14.9. The zero-order valence-electron chi connectivity index (χ0n) is 17.5. The fraction of sp³-hybridized carbons (Fsp3) is 0.429. The minimum absolute atomic E-state index is 0.248. The quantitative estimate of drug-likeness (QED) is 0.548.